The van der Waals surface area contributed by atoms with Crippen molar-refractivity contribution in [3.63, 3.8) is 0 Å². The molecule has 0 atom stereocenters. The van der Waals surface area contributed by atoms with Crippen molar-refractivity contribution in [2.75, 3.05) is 18.0 Å². The van der Waals surface area contributed by atoms with Crippen LogP contribution in [0.15, 0.2) is 24.3 Å². The molecule has 0 aromatic heterocycles. The van der Waals surface area contributed by atoms with E-state index in [4.69, 9.17) is 11.1 Å². The van der Waals surface area contributed by atoms with Crippen LogP contribution in [0.5, 0.6) is 0 Å². The summed E-state index contributed by atoms with van der Waals surface area (Å²) < 4.78 is 0. The molecule has 1 aromatic rings. The molecule has 3 N–H and O–H groups in total. The fourth-order valence-electron chi connectivity index (χ4n) is 1.49. The maximum Gasteiger partial charge on any atom is 0.343 e. The zero-order chi connectivity index (χ0) is 10.8. The highest BCUT2D eigenvalue weighted by molar-refractivity contribution is 5.97. The Hall–Kier alpha value is -2.04. The second-order valence-electron chi connectivity index (χ2n) is 3.28. The topological polar surface area (TPSA) is 84.3 Å². The number of nitrogen functional groups attached to an aromatic ring is 1. The van der Waals surface area contributed by atoms with Gasteiger partial charge in [0.05, 0.1) is 6.54 Å². The molecule has 5 heteroatoms. The summed E-state index contributed by atoms with van der Waals surface area (Å²) in [6, 6.07) is 6.79. The molecule has 2 rings (SSSR count). The third kappa shape index (κ3) is 1.76. The van der Waals surface area contributed by atoms with E-state index in [9.17, 15) is 4.79 Å². The van der Waals surface area contributed by atoms with Crippen molar-refractivity contribution in [1.29, 1.82) is 5.41 Å². The van der Waals surface area contributed by atoms with Crippen molar-refractivity contribution in [3.05, 3.63) is 29.8 Å². The summed E-state index contributed by atoms with van der Waals surface area (Å²) >= 11 is 0. The van der Waals surface area contributed by atoms with Gasteiger partial charge in [-0.25, -0.2) is 10.1 Å². The highest BCUT2D eigenvalue weighted by atomic mass is 16.2. The lowest BCUT2D eigenvalue weighted by Gasteiger charge is -2.13. The van der Waals surface area contributed by atoms with E-state index < -0.39 is 0 Å². The van der Waals surface area contributed by atoms with Crippen LogP contribution in [0, 0.1) is 5.41 Å². The Balaban J connectivity index is 2.23. The Bertz CT molecular complexity index is 398. The van der Waals surface area contributed by atoms with Crippen LogP contribution in [0.3, 0.4) is 0 Å². The summed E-state index contributed by atoms with van der Waals surface area (Å²) in [5.74, 6) is 0.0268. The summed E-state index contributed by atoms with van der Waals surface area (Å²) in [5.41, 5.74) is 6.78. The molecule has 15 heavy (non-hydrogen) atoms. The smallest absolute Gasteiger partial charge is 0.343 e. The normalized spacial score (nSPS) is 15.2. The molecule has 0 unspecified atom stereocenters. The first-order valence-corrected chi connectivity index (χ1v) is 4.62. The predicted molar refractivity (Wildman–Crippen MR) is 57.2 cm³/mol. The van der Waals surface area contributed by atoms with Crippen LogP contribution >= 0.6 is 0 Å². The number of amidine groups is 1. The van der Waals surface area contributed by atoms with Crippen molar-refractivity contribution in [2.24, 2.45) is 5.73 Å². The second-order valence-corrected chi connectivity index (χ2v) is 3.28. The molecule has 1 aromatic carbocycles. The van der Waals surface area contributed by atoms with Crippen molar-refractivity contribution >= 4 is 17.6 Å². The zero-order valence-electron chi connectivity index (χ0n) is 8.10. The van der Waals surface area contributed by atoms with Gasteiger partial charge in [-0.15, -0.1) is 0 Å². The number of nitrogens with one attached hydrogen (secondary N) is 1. The van der Waals surface area contributed by atoms with Gasteiger partial charge in [0, 0.05) is 17.8 Å². The van der Waals surface area contributed by atoms with Gasteiger partial charge in [0.15, 0.2) is 0 Å². The van der Waals surface area contributed by atoms with Gasteiger partial charge in [-0.05, 0) is 24.3 Å². The monoisotopic (exact) mass is 203 g/mol. The number of nitrogens with two attached hydrogens (primary N) is 1. The number of rotatable bonds is 2. The third-order valence-electron chi connectivity index (χ3n) is 2.29. The maximum absolute atomic E-state index is 11.3. The van der Waals surface area contributed by atoms with Gasteiger partial charge < -0.3 is 5.73 Å². The lowest BCUT2D eigenvalue weighted by atomic mass is 10.2. The minimum Gasteiger partial charge on any atom is -0.384 e. The SMILES string of the molecule is N=C(N)c1ccc(N2CC[N]C2=O)cc1. The lowest BCUT2D eigenvalue weighted by molar-refractivity contribution is 0.251. The van der Waals surface area contributed by atoms with Gasteiger partial charge in [-0.1, -0.05) is 0 Å². The van der Waals surface area contributed by atoms with Crippen molar-refractivity contribution in [2.45, 2.75) is 0 Å². The van der Waals surface area contributed by atoms with E-state index in [0.717, 1.165) is 5.69 Å². The van der Waals surface area contributed by atoms with Crippen LogP contribution in [0.2, 0.25) is 0 Å². The Labute approximate surface area is 87.4 Å². The lowest BCUT2D eigenvalue weighted by Crippen LogP contribution is -2.25. The van der Waals surface area contributed by atoms with Crippen LogP contribution in [0.25, 0.3) is 0 Å². The van der Waals surface area contributed by atoms with Gasteiger partial charge in [-0.3, -0.25) is 10.3 Å². The number of amides is 2. The quantitative estimate of drug-likeness (QED) is 0.542. The first-order valence-electron chi connectivity index (χ1n) is 4.62. The number of anilines is 1. The molecule has 1 saturated heterocycles. The Morgan fingerprint density at radius 1 is 1.40 bits per heavy atom. The Morgan fingerprint density at radius 3 is 2.53 bits per heavy atom. The summed E-state index contributed by atoms with van der Waals surface area (Å²) in [4.78, 5) is 12.9. The fourth-order valence-corrected chi connectivity index (χ4v) is 1.49. The van der Waals surface area contributed by atoms with Gasteiger partial charge >= 0.3 is 6.03 Å². The van der Waals surface area contributed by atoms with Gasteiger partial charge in [0.1, 0.15) is 5.84 Å². The van der Waals surface area contributed by atoms with Gasteiger partial charge in [0.25, 0.3) is 0 Å². The van der Waals surface area contributed by atoms with E-state index in [1.807, 2.05) is 0 Å². The molecule has 0 spiro atoms. The molecule has 0 saturated carbocycles. The molecule has 0 aliphatic carbocycles. The van der Waals surface area contributed by atoms with E-state index in [0.29, 0.717) is 18.7 Å². The van der Waals surface area contributed by atoms with Crippen LogP contribution in [-0.2, 0) is 0 Å². The van der Waals surface area contributed by atoms with Crippen LogP contribution in [-0.4, -0.2) is 25.0 Å². The van der Waals surface area contributed by atoms with E-state index >= 15 is 0 Å². The van der Waals surface area contributed by atoms with Crippen molar-refractivity contribution in [3.8, 4) is 0 Å². The summed E-state index contributed by atoms with van der Waals surface area (Å²) in [6.45, 7) is 1.17. The largest absolute Gasteiger partial charge is 0.384 e. The first kappa shape index (κ1) is 9.51. The van der Waals surface area contributed by atoms with Crippen molar-refractivity contribution < 1.29 is 4.79 Å². The predicted octanol–water partition coefficient (Wildman–Crippen LogP) is 0.515. The number of carbonyl (C=O) groups excluding carboxylic acids is 1. The minimum atomic E-state index is -0.203. The molecular formula is C10H11N4O. The highest BCUT2D eigenvalue weighted by Crippen LogP contribution is 2.17. The van der Waals surface area contributed by atoms with Crippen LogP contribution in [0.4, 0.5) is 10.5 Å². The zero-order valence-corrected chi connectivity index (χ0v) is 8.10. The molecule has 5 nitrogen and oxygen atoms in total. The van der Waals surface area contributed by atoms with E-state index in [1.165, 1.54) is 0 Å². The molecule has 1 heterocycles. The van der Waals surface area contributed by atoms with E-state index in [1.54, 1.807) is 29.2 Å². The maximum atomic E-state index is 11.3. The molecule has 1 aliphatic heterocycles. The van der Waals surface area contributed by atoms with Crippen LogP contribution in [0.1, 0.15) is 5.56 Å². The fraction of sp³-hybridized carbons (Fsp3) is 0.200. The van der Waals surface area contributed by atoms with Gasteiger partial charge in [-0.2, -0.15) is 0 Å². The summed E-state index contributed by atoms with van der Waals surface area (Å²) in [7, 11) is 0. The molecule has 0 bridgehead atoms. The number of hydrogen-bond donors (Lipinski definition) is 2. The molecule has 77 valence electrons. The molecule has 2 amide bonds. The molecule has 1 fully saturated rings. The number of urea groups is 1. The Morgan fingerprint density at radius 2 is 2.07 bits per heavy atom. The van der Waals surface area contributed by atoms with Gasteiger partial charge in [0.2, 0.25) is 0 Å². The molecular weight excluding hydrogens is 192 g/mol. The highest BCUT2D eigenvalue weighted by Gasteiger charge is 2.22. The average Bonchev–Trinajstić information content (AvgIpc) is 2.65. The van der Waals surface area contributed by atoms with Crippen molar-refractivity contribution in [1.82, 2.24) is 5.32 Å². The molecule has 1 aliphatic rings. The van der Waals surface area contributed by atoms with E-state index in [-0.39, 0.29) is 11.9 Å². The molecule has 1 radical (unpaired) electrons. The number of benzene rings is 1. The Kier molecular flexibility index (Phi) is 2.29. The summed E-state index contributed by atoms with van der Waals surface area (Å²) in [6.07, 6.45) is 0. The second kappa shape index (κ2) is 3.61. The third-order valence-corrected chi connectivity index (χ3v) is 2.29. The van der Waals surface area contributed by atoms with E-state index in [2.05, 4.69) is 5.32 Å². The average molecular weight is 203 g/mol. The summed E-state index contributed by atoms with van der Waals surface area (Å²) in [5, 5.41) is 11.0. The van der Waals surface area contributed by atoms with Crippen LogP contribution < -0.4 is 16.0 Å². The standard InChI is InChI=1S/C10H11N4O/c11-9(12)7-1-3-8(4-2-7)14-6-5-13-10(14)15/h1-4H,5-6H2,(H3,11,12). The number of nitrogens with zero attached hydrogens (tertiary/aromatic N) is 2. The first-order chi connectivity index (χ1) is 7.18. The number of carbonyl (C=O) groups is 1. The minimum absolute atomic E-state index is 0.0268. The number of hydrogen-bond acceptors (Lipinski definition) is 2.